The molecule has 0 radical (unpaired) electrons. The number of nitro benzene ring substituents is 1. The predicted molar refractivity (Wildman–Crippen MR) is 45.6 cm³/mol. The number of para-hydroxylation sites is 2. The molecule has 14 heavy (non-hydrogen) atoms. The van der Waals surface area contributed by atoms with Crippen LogP contribution in [-0.2, 0) is 11.3 Å². The van der Waals surface area contributed by atoms with E-state index >= 15 is 0 Å². The van der Waals surface area contributed by atoms with Crippen LogP contribution in [0.15, 0.2) is 24.3 Å². The minimum absolute atomic E-state index is 0. The van der Waals surface area contributed by atoms with E-state index in [1.807, 2.05) is 4.72 Å². The number of rotatable bonds is 3. The Morgan fingerprint density at radius 3 is 2.43 bits per heavy atom. The molecule has 0 aromatic heterocycles. The smallest absolute Gasteiger partial charge is 0.755 e. The molecule has 0 aliphatic heterocycles. The van der Waals surface area contributed by atoms with Gasteiger partial charge >= 0.3 is 29.6 Å². The minimum atomic E-state index is -2.55. The first-order chi connectivity index (χ1) is 6.11. The summed E-state index contributed by atoms with van der Waals surface area (Å²) in [6, 6.07) is 5.49. The zero-order valence-corrected chi connectivity index (χ0v) is 10.1. The molecule has 0 saturated carbocycles. The molecule has 0 bridgehead atoms. The third-order valence-corrected chi connectivity index (χ3v) is 1.68. The Morgan fingerprint density at radius 2 is 1.93 bits per heavy atom. The fourth-order valence-corrected chi connectivity index (χ4v) is 1.16. The number of nitrogens with one attached hydrogen (secondary N) is 1. The van der Waals surface area contributed by atoms with Crippen molar-refractivity contribution in [3.63, 3.8) is 0 Å². The van der Waals surface area contributed by atoms with Gasteiger partial charge in [-0.05, 0) is 6.07 Å². The van der Waals surface area contributed by atoms with E-state index in [9.17, 15) is 18.9 Å². The summed E-state index contributed by atoms with van der Waals surface area (Å²) in [4.78, 5) is 9.71. The molecule has 6 nitrogen and oxygen atoms in total. The molecule has 0 saturated heterocycles. The van der Waals surface area contributed by atoms with Crippen LogP contribution in [0.3, 0.4) is 0 Å². The number of hydrogen-bond donors (Lipinski definition) is 1. The van der Waals surface area contributed by atoms with Crippen LogP contribution in [0.5, 0.6) is 0 Å². The van der Waals surface area contributed by atoms with Gasteiger partial charge in [0.2, 0.25) is 0 Å². The van der Waals surface area contributed by atoms with Crippen molar-refractivity contribution in [2.75, 3.05) is 4.72 Å². The molecule has 0 spiro atoms. The summed E-state index contributed by atoms with van der Waals surface area (Å²) in [5.41, 5.74) is -0.312. The van der Waals surface area contributed by atoms with Crippen molar-refractivity contribution < 1.29 is 43.2 Å². The molecule has 1 N–H and O–H groups in total. The summed E-state index contributed by atoms with van der Waals surface area (Å²) in [6.45, 7) is 0. The molecule has 0 amide bonds. The van der Waals surface area contributed by atoms with Gasteiger partial charge in [0.25, 0.3) is 5.69 Å². The Hall–Kier alpha value is -0.470. The van der Waals surface area contributed by atoms with E-state index < -0.39 is 16.2 Å². The number of hydrogen-bond acceptors (Lipinski definition) is 4. The molecule has 0 aliphatic carbocycles. The summed E-state index contributed by atoms with van der Waals surface area (Å²) in [5.74, 6) is 0. The average Bonchev–Trinajstić information content (AvgIpc) is 2.03. The zero-order chi connectivity index (χ0) is 9.84. The van der Waals surface area contributed by atoms with Crippen molar-refractivity contribution in [1.29, 1.82) is 0 Å². The maximum atomic E-state index is 10.4. The summed E-state index contributed by atoms with van der Waals surface area (Å²) in [6.07, 6.45) is 0. The molecule has 1 aromatic carbocycles. The third kappa shape index (κ3) is 3.72. The molecule has 1 rings (SSSR count). The second-order valence-corrected chi connectivity index (χ2v) is 2.78. The van der Waals surface area contributed by atoms with E-state index in [0.717, 1.165) is 0 Å². The van der Waals surface area contributed by atoms with Crippen LogP contribution in [0, 0.1) is 10.1 Å². The number of benzene rings is 1. The molecule has 0 heterocycles. The van der Waals surface area contributed by atoms with Gasteiger partial charge in [0.15, 0.2) is 0 Å². The van der Waals surface area contributed by atoms with Crippen LogP contribution in [0.25, 0.3) is 0 Å². The molecule has 1 aromatic rings. The molecule has 70 valence electrons. The van der Waals surface area contributed by atoms with E-state index in [-0.39, 0.29) is 40.9 Å². The van der Waals surface area contributed by atoms with Gasteiger partial charge < -0.3 is 9.27 Å². The second kappa shape index (κ2) is 6.10. The molecule has 0 fully saturated rings. The van der Waals surface area contributed by atoms with Crippen LogP contribution in [0.1, 0.15) is 0 Å². The SMILES string of the molecule is O=[N+]([O-])c1ccccc1NS(=O)[O-].[Na+]. The van der Waals surface area contributed by atoms with E-state index in [1.165, 1.54) is 24.3 Å². The fraction of sp³-hybridized carbons (Fsp3) is 0. The standard InChI is InChI=1S/C6H6N2O4S.Na/c9-8(10)6-4-2-1-3-5(6)7-13(11)12;/h1-4,7H,(H,11,12);/q;+1/p-1. The normalized spacial score (nSPS) is 11.2. The van der Waals surface area contributed by atoms with Gasteiger partial charge in [-0.3, -0.25) is 14.3 Å². The maximum Gasteiger partial charge on any atom is 1.00 e. The monoisotopic (exact) mass is 224 g/mol. The first kappa shape index (κ1) is 13.5. The second-order valence-electron chi connectivity index (χ2n) is 2.11. The number of anilines is 1. The van der Waals surface area contributed by atoms with Gasteiger partial charge in [0.1, 0.15) is 5.69 Å². The van der Waals surface area contributed by atoms with Crippen LogP contribution in [0.4, 0.5) is 11.4 Å². The largest absolute Gasteiger partial charge is 1.00 e. The first-order valence-electron chi connectivity index (χ1n) is 3.20. The Labute approximate surface area is 105 Å². The van der Waals surface area contributed by atoms with Gasteiger partial charge in [-0.1, -0.05) is 12.1 Å². The quantitative estimate of drug-likeness (QED) is 0.273. The predicted octanol–water partition coefficient (Wildman–Crippen LogP) is -2.20. The zero-order valence-electron chi connectivity index (χ0n) is 7.30. The Bertz CT molecular complexity index is 359. The maximum absolute atomic E-state index is 10.4. The van der Waals surface area contributed by atoms with Crippen LogP contribution < -0.4 is 34.3 Å². The average molecular weight is 224 g/mol. The molecular weight excluding hydrogens is 219 g/mol. The Morgan fingerprint density at radius 1 is 1.36 bits per heavy atom. The van der Waals surface area contributed by atoms with Crippen LogP contribution in [-0.4, -0.2) is 13.7 Å². The summed E-state index contributed by atoms with van der Waals surface area (Å²) in [7, 11) is 0. The topological polar surface area (TPSA) is 95.3 Å². The van der Waals surface area contributed by atoms with E-state index in [1.54, 1.807) is 0 Å². The van der Waals surface area contributed by atoms with Gasteiger partial charge in [0.05, 0.1) is 4.92 Å². The first-order valence-corrected chi connectivity index (χ1v) is 4.28. The van der Waals surface area contributed by atoms with Gasteiger partial charge in [0, 0.05) is 17.3 Å². The Balaban J connectivity index is 0.00000169. The third-order valence-electron chi connectivity index (χ3n) is 1.29. The van der Waals surface area contributed by atoms with Crippen molar-refractivity contribution in [1.82, 2.24) is 0 Å². The van der Waals surface area contributed by atoms with Crippen LogP contribution in [0.2, 0.25) is 0 Å². The number of nitro groups is 1. The van der Waals surface area contributed by atoms with Crippen molar-refractivity contribution in [2.24, 2.45) is 0 Å². The minimum Gasteiger partial charge on any atom is -0.755 e. The van der Waals surface area contributed by atoms with E-state index in [2.05, 4.69) is 0 Å². The fourth-order valence-electron chi connectivity index (χ4n) is 0.809. The molecule has 1 unspecified atom stereocenters. The van der Waals surface area contributed by atoms with Crippen molar-refractivity contribution in [3.8, 4) is 0 Å². The van der Waals surface area contributed by atoms with E-state index in [4.69, 9.17) is 0 Å². The summed E-state index contributed by atoms with van der Waals surface area (Å²) in [5, 5.41) is 10.4. The molecule has 8 heteroatoms. The summed E-state index contributed by atoms with van der Waals surface area (Å²) < 4.78 is 22.3. The van der Waals surface area contributed by atoms with Crippen LogP contribution >= 0.6 is 0 Å². The molecule has 0 aliphatic rings. The summed E-state index contributed by atoms with van der Waals surface area (Å²) >= 11 is -2.55. The Kier molecular flexibility index (Phi) is 5.89. The van der Waals surface area contributed by atoms with Gasteiger partial charge in [-0.25, -0.2) is 0 Å². The van der Waals surface area contributed by atoms with E-state index in [0.29, 0.717) is 0 Å². The molecular formula is C6H5N2NaO4S. The van der Waals surface area contributed by atoms with Gasteiger partial charge in [-0.2, -0.15) is 0 Å². The van der Waals surface area contributed by atoms with Crippen molar-refractivity contribution in [3.05, 3.63) is 34.4 Å². The molecule has 1 atom stereocenters. The van der Waals surface area contributed by atoms with Crippen molar-refractivity contribution in [2.45, 2.75) is 0 Å². The van der Waals surface area contributed by atoms with Crippen molar-refractivity contribution >= 4 is 22.6 Å². The number of nitrogens with zero attached hydrogens (tertiary/aromatic N) is 1. The van der Waals surface area contributed by atoms with Gasteiger partial charge in [-0.15, -0.1) is 0 Å².